The van der Waals surface area contributed by atoms with E-state index in [2.05, 4.69) is 36.8 Å². The fourth-order valence-corrected chi connectivity index (χ4v) is 2.44. The first-order valence-electron chi connectivity index (χ1n) is 4.91. The summed E-state index contributed by atoms with van der Waals surface area (Å²) in [6, 6.07) is 7.38. The topological polar surface area (TPSA) is 48.1 Å². The fraction of sp³-hybridized carbons (Fsp3) is 0.0833. The molecule has 0 aliphatic carbocycles. The summed E-state index contributed by atoms with van der Waals surface area (Å²) in [6.45, 7) is 1.94. The monoisotopic (exact) mass is 356 g/mol. The van der Waals surface area contributed by atoms with E-state index in [-0.39, 0.29) is 0 Å². The lowest BCUT2D eigenvalue weighted by atomic mass is 10.2. The zero-order chi connectivity index (χ0) is 12.4. The van der Waals surface area contributed by atoms with Gasteiger partial charge in [0.25, 0.3) is 0 Å². The molecule has 0 spiro atoms. The zero-order valence-corrected chi connectivity index (χ0v) is 12.2. The number of nitrogens with zero attached hydrogens (tertiary/aromatic N) is 1. The predicted molar refractivity (Wildman–Crippen MR) is 75.3 cm³/mol. The summed E-state index contributed by atoms with van der Waals surface area (Å²) in [6.07, 6.45) is 1.69. The highest BCUT2D eigenvalue weighted by Crippen LogP contribution is 2.31. The number of pyridine rings is 1. The molecule has 0 unspecified atom stereocenters. The van der Waals surface area contributed by atoms with Crippen molar-refractivity contribution in [1.29, 1.82) is 0 Å². The predicted octanol–water partition coefficient (Wildman–Crippen LogP) is 4.29. The van der Waals surface area contributed by atoms with Gasteiger partial charge < -0.3 is 10.5 Å². The Bertz CT molecular complexity index is 509. The van der Waals surface area contributed by atoms with Crippen molar-refractivity contribution in [2.24, 2.45) is 0 Å². The molecule has 0 aliphatic rings. The number of ether oxygens (including phenoxy) is 1. The summed E-state index contributed by atoms with van der Waals surface area (Å²) < 4.78 is 7.40. The van der Waals surface area contributed by atoms with Gasteiger partial charge in [0.15, 0.2) is 0 Å². The van der Waals surface area contributed by atoms with Crippen LogP contribution in [0.2, 0.25) is 0 Å². The molecule has 1 heterocycles. The number of hydrogen-bond donors (Lipinski definition) is 1. The third-order valence-electron chi connectivity index (χ3n) is 2.18. The molecule has 0 saturated carbocycles. The molecular formula is C12H10Br2N2O. The molecule has 0 atom stereocenters. The number of aromatic nitrogens is 1. The molecule has 2 N–H and O–H groups in total. The third kappa shape index (κ3) is 2.98. The Morgan fingerprint density at radius 2 is 2.00 bits per heavy atom. The number of anilines is 1. The Hall–Kier alpha value is -1.07. The molecule has 17 heavy (non-hydrogen) atoms. The van der Waals surface area contributed by atoms with Crippen LogP contribution < -0.4 is 10.5 Å². The van der Waals surface area contributed by atoms with E-state index < -0.39 is 0 Å². The van der Waals surface area contributed by atoms with Crippen molar-refractivity contribution < 1.29 is 4.74 Å². The molecule has 0 saturated heterocycles. The molecule has 3 nitrogen and oxygen atoms in total. The highest BCUT2D eigenvalue weighted by molar-refractivity contribution is 9.11. The van der Waals surface area contributed by atoms with Crippen molar-refractivity contribution in [3.8, 4) is 11.6 Å². The van der Waals surface area contributed by atoms with Crippen LogP contribution in [0, 0.1) is 6.92 Å². The van der Waals surface area contributed by atoms with Gasteiger partial charge in [0.05, 0.1) is 4.47 Å². The SMILES string of the molecule is Cc1cc(N)ccc1Oc1ncc(Br)cc1Br. The highest BCUT2D eigenvalue weighted by Gasteiger charge is 2.07. The number of benzene rings is 1. The minimum Gasteiger partial charge on any atom is -0.438 e. The van der Waals surface area contributed by atoms with Crippen LogP contribution in [0.15, 0.2) is 39.4 Å². The van der Waals surface area contributed by atoms with E-state index in [9.17, 15) is 0 Å². The standard InChI is InChI=1S/C12H10Br2N2O/c1-7-4-9(15)2-3-11(7)17-12-10(14)5-8(13)6-16-12/h2-6H,15H2,1H3. The summed E-state index contributed by atoms with van der Waals surface area (Å²) in [5.74, 6) is 1.27. The van der Waals surface area contributed by atoms with Crippen molar-refractivity contribution in [3.63, 3.8) is 0 Å². The van der Waals surface area contributed by atoms with E-state index >= 15 is 0 Å². The first-order valence-corrected chi connectivity index (χ1v) is 6.50. The Morgan fingerprint density at radius 1 is 1.24 bits per heavy atom. The van der Waals surface area contributed by atoms with Gasteiger partial charge in [0.1, 0.15) is 5.75 Å². The van der Waals surface area contributed by atoms with Gasteiger partial charge >= 0.3 is 0 Å². The highest BCUT2D eigenvalue weighted by atomic mass is 79.9. The molecule has 2 aromatic rings. The number of rotatable bonds is 2. The van der Waals surface area contributed by atoms with Gasteiger partial charge in [0, 0.05) is 16.4 Å². The molecule has 0 amide bonds. The number of halogens is 2. The van der Waals surface area contributed by atoms with Gasteiger partial charge in [-0.15, -0.1) is 0 Å². The maximum Gasteiger partial charge on any atom is 0.233 e. The minimum atomic E-state index is 0.529. The largest absolute Gasteiger partial charge is 0.438 e. The molecular weight excluding hydrogens is 348 g/mol. The van der Waals surface area contributed by atoms with Crippen LogP contribution in [0.1, 0.15) is 5.56 Å². The van der Waals surface area contributed by atoms with Crippen LogP contribution in [0.25, 0.3) is 0 Å². The Balaban J connectivity index is 2.31. The lowest BCUT2D eigenvalue weighted by Gasteiger charge is -2.09. The van der Waals surface area contributed by atoms with Crippen molar-refractivity contribution in [2.75, 3.05) is 5.73 Å². The molecule has 88 valence electrons. The lowest BCUT2D eigenvalue weighted by Crippen LogP contribution is -1.93. The number of nitrogens with two attached hydrogens (primary N) is 1. The van der Waals surface area contributed by atoms with E-state index in [1.54, 1.807) is 12.3 Å². The molecule has 1 aromatic heterocycles. The van der Waals surface area contributed by atoms with E-state index in [1.807, 2.05) is 25.1 Å². The molecule has 1 aromatic carbocycles. The van der Waals surface area contributed by atoms with Crippen molar-refractivity contribution in [1.82, 2.24) is 4.98 Å². The van der Waals surface area contributed by atoms with Crippen LogP contribution >= 0.6 is 31.9 Å². The number of hydrogen-bond acceptors (Lipinski definition) is 3. The van der Waals surface area contributed by atoms with Crippen LogP contribution in [0.5, 0.6) is 11.6 Å². The second-order valence-electron chi connectivity index (χ2n) is 3.57. The summed E-state index contributed by atoms with van der Waals surface area (Å²) >= 11 is 6.74. The molecule has 5 heteroatoms. The minimum absolute atomic E-state index is 0.529. The normalized spacial score (nSPS) is 10.3. The quantitative estimate of drug-likeness (QED) is 0.815. The van der Waals surface area contributed by atoms with E-state index in [0.29, 0.717) is 5.88 Å². The van der Waals surface area contributed by atoms with Gasteiger partial charge in [-0.3, -0.25) is 0 Å². The molecule has 0 fully saturated rings. The first-order chi connectivity index (χ1) is 8.06. The molecule has 0 aliphatic heterocycles. The van der Waals surface area contributed by atoms with Crippen LogP contribution in [-0.2, 0) is 0 Å². The smallest absolute Gasteiger partial charge is 0.233 e. The van der Waals surface area contributed by atoms with Crippen molar-refractivity contribution >= 4 is 37.5 Å². The van der Waals surface area contributed by atoms with Gasteiger partial charge in [-0.1, -0.05) is 0 Å². The molecule has 0 bridgehead atoms. The maximum atomic E-state index is 5.72. The second kappa shape index (κ2) is 5.06. The van der Waals surface area contributed by atoms with Crippen LogP contribution in [-0.4, -0.2) is 4.98 Å². The Morgan fingerprint density at radius 3 is 2.65 bits per heavy atom. The zero-order valence-electron chi connectivity index (χ0n) is 9.08. The first kappa shape index (κ1) is 12.4. The van der Waals surface area contributed by atoms with Crippen LogP contribution in [0.4, 0.5) is 5.69 Å². The van der Waals surface area contributed by atoms with E-state index in [4.69, 9.17) is 10.5 Å². The van der Waals surface area contributed by atoms with Gasteiger partial charge in [-0.25, -0.2) is 4.98 Å². The summed E-state index contributed by atoms with van der Waals surface area (Å²) in [5.41, 5.74) is 7.38. The number of aryl methyl sites for hydroxylation is 1. The molecule has 2 rings (SSSR count). The van der Waals surface area contributed by atoms with Crippen LogP contribution in [0.3, 0.4) is 0 Å². The number of nitrogen functional groups attached to an aromatic ring is 1. The Labute approximate surface area is 116 Å². The third-order valence-corrected chi connectivity index (χ3v) is 3.18. The molecule has 0 radical (unpaired) electrons. The van der Waals surface area contributed by atoms with Gasteiger partial charge in [-0.2, -0.15) is 0 Å². The summed E-state index contributed by atoms with van der Waals surface area (Å²) in [5, 5.41) is 0. The second-order valence-corrected chi connectivity index (χ2v) is 5.34. The lowest BCUT2D eigenvalue weighted by molar-refractivity contribution is 0.456. The Kier molecular flexibility index (Phi) is 3.69. The fourth-order valence-electron chi connectivity index (χ4n) is 1.37. The van der Waals surface area contributed by atoms with Crippen molar-refractivity contribution in [2.45, 2.75) is 6.92 Å². The van der Waals surface area contributed by atoms with E-state index in [0.717, 1.165) is 25.9 Å². The average Bonchev–Trinajstić information content (AvgIpc) is 2.25. The van der Waals surface area contributed by atoms with Gasteiger partial charge in [0.2, 0.25) is 5.88 Å². The summed E-state index contributed by atoms with van der Waals surface area (Å²) in [7, 11) is 0. The average molecular weight is 358 g/mol. The van der Waals surface area contributed by atoms with Gasteiger partial charge in [-0.05, 0) is 68.6 Å². The van der Waals surface area contributed by atoms with Crippen molar-refractivity contribution in [3.05, 3.63) is 45.0 Å². The maximum absolute atomic E-state index is 5.72. The van der Waals surface area contributed by atoms with E-state index in [1.165, 1.54) is 0 Å². The summed E-state index contributed by atoms with van der Waals surface area (Å²) in [4.78, 5) is 4.19.